The Hall–Kier alpha value is -1.96. The number of amides is 1. The summed E-state index contributed by atoms with van der Waals surface area (Å²) in [6, 6.07) is 2.98. The summed E-state index contributed by atoms with van der Waals surface area (Å²) < 4.78 is 0.0289. The topological polar surface area (TPSA) is 110 Å². The molecular weight excluding hydrogens is 344 g/mol. The number of carbonyl (C=O) groups excluding carboxylic acids is 1. The number of nitrogens with one attached hydrogen (secondary N) is 1. The molecule has 0 aliphatic rings. The first-order valence-electron chi connectivity index (χ1n) is 6.20. The van der Waals surface area contributed by atoms with Gasteiger partial charge in [-0.25, -0.2) is 4.79 Å². The number of hydrogen-bond donors (Lipinski definition) is 2. The number of halogens is 1. The first kappa shape index (κ1) is 17.1. The van der Waals surface area contributed by atoms with Gasteiger partial charge in [0.15, 0.2) is 0 Å². The van der Waals surface area contributed by atoms with Gasteiger partial charge in [0.05, 0.1) is 10.5 Å². The van der Waals surface area contributed by atoms with E-state index in [4.69, 9.17) is 5.11 Å². The standard InChI is InChI=1S/C13H15BrN2O5/c1-7(2)6-9(13(18)19)15-12(17)8-4-3-5-10(11(8)14)16(20)21/h3-5,7,9H,6H2,1-2H3,(H,15,17)(H,18,19). The van der Waals surface area contributed by atoms with E-state index in [1.807, 2.05) is 13.8 Å². The van der Waals surface area contributed by atoms with Gasteiger partial charge in [-0.05, 0) is 34.3 Å². The Kier molecular flexibility index (Phi) is 5.83. The molecule has 0 fully saturated rings. The molecule has 1 unspecified atom stereocenters. The van der Waals surface area contributed by atoms with Gasteiger partial charge in [0.2, 0.25) is 0 Å². The molecule has 21 heavy (non-hydrogen) atoms. The molecule has 1 rings (SSSR count). The van der Waals surface area contributed by atoms with Crippen LogP contribution in [-0.2, 0) is 4.79 Å². The summed E-state index contributed by atoms with van der Waals surface area (Å²) in [7, 11) is 0. The zero-order chi connectivity index (χ0) is 16.2. The van der Waals surface area contributed by atoms with E-state index in [0.29, 0.717) is 0 Å². The minimum Gasteiger partial charge on any atom is -0.480 e. The zero-order valence-electron chi connectivity index (χ0n) is 11.5. The third kappa shape index (κ3) is 4.52. The maximum absolute atomic E-state index is 12.1. The molecule has 1 amide bonds. The van der Waals surface area contributed by atoms with Gasteiger partial charge < -0.3 is 10.4 Å². The minimum absolute atomic E-state index is 0.0270. The Balaban J connectivity index is 3.01. The van der Waals surface area contributed by atoms with E-state index >= 15 is 0 Å². The lowest BCUT2D eigenvalue weighted by atomic mass is 10.0. The van der Waals surface area contributed by atoms with Crippen molar-refractivity contribution in [1.82, 2.24) is 5.32 Å². The maximum Gasteiger partial charge on any atom is 0.326 e. The van der Waals surface area contributed by atoms with Gasteiger partial charge in [-0.2, -0.15) is 0 Å². The smallest absolute Gasteiger partial charge is 0.326 e. The molecule has 0 saturated carbocycles. The molecule has 1 aromatic carbocycles. The third-order valence-corrected chi connectivity index (χ3v) is 3.56. The molecule has 7 nitrogen and oxygen atoms in total. The molecule has 1 atom stereocenters. The van der Waals surface area contributed by atoms with Gasteiger partial charge in [0.1, 0.15) is 10.5 Å². The summed E-state index contributed by atoms with van der Waals surface area (Å²) in [5.41, 5.74) is -0.224. The minimum atomic E-state index is -1.14. The fraction of sp³-hybridized carbons (Fsp3) is 0.385. The summed E-state index contributed by atoms with van der Waals surface area (Å²) in [5, 5.41) is 22.3. The van der Waals surface area contributed by atoms with Crippen LogP contribution in [0, 0.1) is 16.0 Å². The highest BCUT2D eigenvalue weighted by molar-refractivity contribution is 9.10. The molecule has 0 aromatic heterocycles. The van der Waals surface area contributed by atoms with Crippen molar-refractivity contribution in [2.75, 3.05) is 0 Å². The molecule has 2 N–H and O–H groups in total. The number of nitro benzene ring substituents is 1. The maximum atomic E-state index is 12.1. The van der Waals surface area contributed by atoms with E-state index in [1.54, 1.807) is 0 Å². The van der Waals surface area contributed by atoms with Crippen LogP contribution in [0.1, 0.15) is 30.6 Å². The van der Waals surface area contributed by atoms with E-state index in [1.165, 1.54) is 18.2 Å². The van der Waals surface area contributed by atoms with Crippen molar-refractivity contribution in [3.8, 4) is 0 Å². The van der Waals surface area contributed by atoms with E-state index in [-0.39, 0.29) is 28.1 Å². The molecule has 114 valence electrons. The zero-order valence-corrected chi connectivity index (χ0v) is 13.1. The second-order valence-corrected chi connectivity index (χ2v) is 5.68. The van der Waals surface area contributed by atoms with Crippen LogP contribution in [0.4, 0.5) is 5.69 Å². The summed E-state index contributed by atoms with van der Waals surface area (Å²) in [4.78, 5) is 33.4. The predicted octanol–water partition coefficient (Wildman–Crippen LogP) is 2.59. The Morgan fingerprint density at radius 3 is 2.52 bits per heavy atom. The molecule has 1 aromatic rings. The summed E-state index contributed by atoms with van der Waals surface area (Å²) in [5.74, 6) is -1.72. The molecule has 0 saturated heterocycles. The van der Waals surface area contributed by atoms with Crippen LogP contribution in [0.3, 0.4) is 0 Å². The number of rotatable bonds is 6. The number of aliphatic carboxylic acids is 1. The molecule has 0 spiro atoms. The number of carboxylic acid groups (broad SMARTS) is 1. The largest absolute Gasteiger partial charge is 0.480 e. The molecule has 0 aliphatic heterocycles. The van der Waals surface area contributed by atoms with Crippen molar-refractivity contribution in [2.45, 2.75) is 26.3 Å². The molecule has 0 heterocycles. The lowest BCUT2D eigenvalue weighted by Gasteiger charge is -2.16. The van der Waals surface area contributed by atoms with Crippen molar-refractivity contribution in [1.29, 1.82) is 0 Å². The summed E-state index contributed by atoms with van der Waals surface area (Å²) >= 11 is 3.01. The Morgan fingerprint density at radius 2 is 2.05 bits per heavy atom. The summed E-state index contributed by atoms with van der Waals surface area (Å²) in [6.45, 7) is 3.68. The SMILES string of the molecule is CC(C)CC(NC(=O)c1cccc([N+](=O)[O-])c1Br)C(=O)O. The quantitative estimate of drug-likeness (QED) is 0.599. The fourth-order valence-corrected chi connectivity index (χ4v) is 2.35. The van der Waals surface area contributed by atoms with Gasteiger partial charge >= 0.3 is 5.97 Å². The number of carboxylic acids is 1. The van der Waals surface area contributed by atoms with Gasteiger partial charge in [-0.15, -0.1) is 0 Å². The average Bonchev–Trinajstić information content (AvgIpc) is 2.36. The highest BCUT2D eigenvalue weighted by Gasteiger charge is 2.25. The number of hydrogen-bond acceptors (Lipinski definition) is 4. The number of benzene rings is 1. The number of nitrogens with zero attached hydrogens (tertiary/aromatic N) is 1. The van der Waals surface area contributed by atoms with Gasteiger partial charge in [0.25, 0.3) is 11.6 Å². The van der Waals surface area contributed by atoms with Crippen molar-refractivity contribution < 1.29 is 19.6 Å². The Labute approximate surface area is 129 Å². The van der Waals surface area contributed by atoms with E-state index in [2.05, 4.69) is 21.2 Å². The van der Waals surface area contributed by atoms with Crippen LogP contribution in [0.5, 0.6) is 0 Å². The highest BCUT2D eigenvalue weighted by atomic mass is 79.9. The highest BCUT2D eigenvalue weighted by Crippen LogP contribution is 2.28. The van der Waals surface area contributed by atoms with Gasteiger partial charge in [-0.1, -0.05) is 19.9 Å². The third-order valence-electron chi connectivity index (χ3n) is 2.73. The van der Waals surface area contributed by atoms with Crippen molar-refractivity contribution in [2.24, 2.45) is 5.92 Å². The van der Waals surface area contributed by atoms with Crippen molar-refractivity contribution >= 4 is 33.5 Å². The van der Waals surface area contributed by atoms with E-state index < -0.39 is 22.8 Å². The fourth-order valence-electron chi connectivity index (χ4n) is 1.77. The van der Waals surface area contributed by atoms with Crippen LogP contribution in [0.25, 0.3) is 0 Å². The number of nitro groups is 1. The molecule has 8 heteroatoms. The summed E-state index contributed by atoms with van der Waals surface area (Å²) in [6.07, 6.45) is 0.271. The van der Waals surface area contributed by atoms with E-state index in [9.17, 15) is 19.7 Å². The van der Waals surface area contributed by atoms with Gasteiger partial charge in [-0.3, -0.25) is 14.9 Å². The first-order valence-corrected chi connectivity index (χ1v) is 7.00. The van der Waals surface area contributed by atoms with Gasteiger partial charge in [0, 0.05) is 6.07 Å². The normalized spacial score (nSPS) is 12.0. The van der Waals surface area contributed by atoms with Crippen LogP contribution in [0.15, 0.2) is 22.7 Å². The average molecular weight is 359 g/mol. The number of carbonyl (C=O) groups is 2. The van der Waals surface area contributed by atoms with Crippen LogP contribution in [-0.4, -0.2) is 27.9 Å². The van der Waals surface area contributed by atoms with Crippen LogP contribution < -0.4 is 5.32 Å². The predicted molar refractivity (Wildman–Crippen MR) is 79.1 cm³/mol. The Morgan fingerprint density at radius 1 is 1.43 bits per heavy atom. The van der Waals surface area contributed by atoms with Crippen LogP contribution in [0.2, 0.25) is 0 Å². The second-order valence-electron chi connectivity index (χ2n) is 4.89. The Bertz CT molecular complexity index is 574. The lowest BCUT2D eigenvalue weighted by Crippen LogP contribution is -2.41. The molecular formula is C13H15BrN2O5. The van der Waals surface area contributed by atoms with Crippen molar-refractivity contribution in [3.63, 3.8) is 0 Å². The van der Waals surface area contributed by atoms with E-state index in [0.717, 1.165) is 0 Å². The van der Waals surface area contributed by atoms with Crippen molar-refractivity contribution in [3.05, 3.63) is 38.3 Å². The first-order chi connectivity index (χ1) is 9.73. The molecule has 0 bridgehead atoms. The molecule has 0 radical (unpaired) electrons. The molecule has 0 aliphatic carbocycles. The monoisotopic (exact) mass is 358 g/mol. The lowest BCUT2D eigenvalue weighted by molar-refractivity contribution is -0.385. The second kappa shape index (κ2) is 7.16. The van der Waals surface area contributed by atoms with Crippen LogP contribution >= 0.6 is 15.9 Å².